The lowest BCUT2D eigenvalue weighted by molar-refractivity contribution is -0.153. The SMILES string of the molecule is CN1CCC(OC(=O)[C@@H](N)CO)CC1. The molecule has 82 valence electrons. The Kier molecular flexibility index (Phi) is 4.31. The van der Waals surface area contributed by atoms with Gasteiger partial charge in [-0.3, -0.25) is 4.79 Å². The van der Waals surface area contributed by atoms with E-state index in [1.54, 1.807) is 0 Å². The Bertz CT molecular complexity index is 190. The third-order valence-corrected chi connectivity index (χ3v) is 2.45. The first-order valence-electron chi connectivity index (χ1n) is 4.89. The topological polar surface area (TPSA) is 75.8 Å². The highest BCUT2D eigenvalue weighted by atomic mass is 16.5. The van der Waals surface area contributed by atoms with Crippen LogP contribution in [0.3, 0.4) is 0 Å². The van der Waals surface area contributed by atoms with Gasteiger partial charge in [-0.1, -0.05) is 0 Å². The Morgan fingerprint density at radius 2 is 2.21 bits per heavy atom. The Balaban J connectivity index is 2.27. The lowest BCUT2D eigenvalue weighted by atomic mass is 10.1. The lowest BCUT2D eigenvalue weighted by Gasteiger charge is -2.29. The number of hydrogen-bond donors (Lipinski definition) is 2. The number of nitrogens with two attached hydrogens (primary N) is 1. The van der Waals surface area contributed by atoms with Gasteiger partial charge in [0.25, 0.3) is 0 Å². The van der Waals surface area contributed by atoms with E-state index < -0.39 is 12.0 Å². The van der Waals surface area contributed by atoms with E-state index in [1.807, 2.05) is 7.05 Å². The zero-order valence-corrected chi connectivity index (χ0v) is 8.48. The summed E-state index contributed by atoms with van der Waals surface area (Å²) in [5.41, 5.74) is 5.33. The lowest BCUT2D eigenvalue weighted by Crippen LogP contribution is -2.41. The van der Waals surface area contributed by atoms with Crippen LogP contribution in [0.2, 0.25) is 0 Å². The number of piperidine rings is 1. The number of nitrogens with zero attached hydrogens (tertiary/aromatic N) is 1. The molecular weight excluding hydrogens is 184 g/mol. The van der Waals surface area contributed by atoms with Crippen LogP contribution in [0.25, 0.3) is 0 Å². The molecule has 1 fully saturated rings. The molecule has 5 heteroatoms. The molecular formula is C9H18N2O3. The highest BCUT2D eigenvalue weighted by Crippen LogP contribution is 2.12. The van der Waals surface area contributed by atoms with Crippen LogP contribution in [0.5, 0.6) is 0 Å². The Morgan fingerprint density at radius 1 is 1.64 bits per heavy atom. The molecule has 0 aromatic rings. The zero-order valence-electron chi connectivity index (χ0n) is 8.48. The molecule has 0 aliphatic carbocycles. The number of likely N-dealkylation sites (tertiary alicyclic amines) is 1. The second-order valence-electron chi connectivity index (χ2n) is 3.73. The van der Waals surface area contributed by atoms with E-state index in [2.05, 4.69) is 4.90 Å². The predicted octanol–water partition coefficient (Wildman–Crippen LogP) is -1.06. The van der Waals surface area contributed by atoms with Crippen LogP contribution < -0.4 is 5.73 Å². The smallest absolute Gasteiger partial charge is 0.325 e. The third-order valence-electron chi connectivity index (χ3n) is 2.45. The minimum absolute atomic E-state index is 0.0312. The maximum Gasteiger partial charge on any atom is 0.325 e. The molecule has 0 bridgehead atoms. The standard InChI is InChI=1S/C9H18N2O3/c1-11-4-2-7(3-5-11)14-9(13)8(10)6-12/h7-8,12H,2-6,10H2,1H3/t8-/m0/s1. The summed E-state index contributed by atoms with van der Waals surface area (Å²) in [6.07, 6.45) is 1.66. The van der Waals surface area contributed by atoms with Gasteiger partial charge >= 0.3 is 5.97 Å². The molecule has 1 heterocycles. The molecule has 0 radical (unpaired) electrons. The molecule has 1 atom stereocenters. The quantitative estimate of drug-likeness (QED) is 0.571. The summed E-state index contributed by atoms with van der Waals surface area (Å²) in [6, 6.07) is -0.894. The maximum absolute atomic E-state index is 11.2. The first-order chi connectivity index (χ1) is 6.63. The van der Waals surface area contributed by atoms with Crippen molar-refractivity contribution in [3.05, 3.63) is 0 Å². The van der Waals surface area contributed by atoms with Gasteiger partial charge in [0, 0.05) is 13.1 Å². The van der Waals surface area contributed by atoms with Gasteiger partial charge in [0.1, 0.15) is 12.1 Å². The van der Waals surface area contributed by atoms with Gasteiger partial charge in [-0.15, -0.1) is 0 Å². The molecule has 0 saturated carbocycles. The average molecular weight is 202 g/mol. The molecule has 1 rings (SSSR count). The number of ether oxygens (including phenoxy) is 1. The maximum atomic E-state index is 11.2. The van der Waals surface area contributed by atoms with Crippen molar-refractivity contribution in [3.8, 4) is 0 Å². The van der Waals surface area contributed by atoms with Crippen molar-refractivity contribution in [1.29, 1.82) is 0 Å². The van der Waals surface area contributed by atoms with Crippen molar-refractivity contribution in [2.45, 2.75) is 25.0 Å². The van der Waals surface area contributed by atoms with Crippen LogP contribution in [0, 0.1) is 0 Å². The summed E-state index contributed by atoms with van der Waals surface area (Å²) in [6.45, 7) is 1.52. The molecule has 5 nitrogen and oxygen atoms in total. The van der Waals surface area contributed by atoms with Gasteiger partial charge in [-0.25, -0.2) is 0 Å². The second-order valence-corrected chi connectivity index (χ2v) is 3.73. The van der Waals surface area contributed by atoms with Gasteiger partial charge in [0.05, 0.1) is 6.61 Å². The molecule has 0 aromatic heterocycles. The van der Waals surface area contributed by atoms with Crippen LogP contribution in [0.1, 0.15) is 12.8 Å². The monoisotopic (exact) mass is 202 g/mol. The molecule has 1 aliphatic rings. The summed E-state index contributed by atoms with van der Waals surface area (Å²) in [7, 11) is 2.04. The first-order valence-corrected chi connectivity index (χ1v) is 4.89. The fourth-order valence-electron chi connectivity index (χ4n) is 1.43. The van der Waals surface area contributed by atoms with Crippen molar-refractivity contribution >= 4 is 5.97 Å². The molecule has 0 aromatic carbocycles. The van der Waals surface area contributed by atoms with E-state index >= 15 is 0 Å². The van der Waals surface area contributed by atoms with Crippen molar-refractivity contribution in [1.82, 2.24) is 4.90 Å². The number of carbonyl (C=O) groups is 1. The molecule has 0 amide bonds. The van der Waals surface area contributed by atoms with E-state index in [4.69, 9.17) is 15.6 Å². The highest BCUT2D eigenvalue weighted by Gasteiger charge is 2.22. The van der Waals surface area contributed by atoms with Crippen LogP contribution in [0.15, 0.2) is 0 Å². The molecule has 0 spiro atoms. The minimum atomic E-state index is -0.894. The largest absolute Gasteiger partial charge is 0.461 e. The van der Waals surface area contributed by atoms with E-state index in [1.165, 1.54) is 0 Å². The fraction of sp³-hybridized carbons (Fsp3) is 0.889. The molecule has 3 N–H and O–H groups in total. The van der Waals surface area contributed by atoms with Gasteiger partial charge in [-0.2, -0.15) is 0 Å². The van der Waals surface area contributed by atoms with Crippen molar-refractivity contribution in [2.24, 2.45) is 5.73 Å². The predicted molar refractivity (Wildman–Crippen MR) is 51.7 cm³/mol. The van der Waals surface area contributed by atoms with E-state index in [-0.39, 0.29) is 12.7 Å². The van der Waals surface area contributed by atoms with Crippen molar-refractivity contribution in [2.75, 3.05) is 26.7 Å². The third kappa shape index (κ3) is 3.25. The minimum Gasteiger partial charge on any atom is -0.461 e. The van der Waals surface area contributed by atoms with Crippen molar-refractivity contribution < 1.29 is 14.6 Å². The molecule has 1 aliphatic heterocycles. The summed E-state index contributed by atoms with van der Waals surface area (Å²) in [4.78, 5) is 13.4. The summed E-state index contributed by atoms with van der Waals surface area (Å²) >= 11 is 0. The highest BCUT2D eigenvalue weighted by molar-refractivity contribution is 5.75. The van der Waals surface area contributed by atoms with E-state index in [0.717, 1.165) is 25.9 Å². The van der Waals surface area contributed by atoms with Gasteiger partial charge in [0.2, 0.25) is 0 Å². The van der Waals surface area contributed by atoms with E-state index in [9.17, 15) is 4.79 Å². The Morgan fingerprint density at radius 3 is 2.71 bits per heavy atom. The number of rotatable bonds is 3. The Labute approximate surface area is 83.8 Å². The normalized spacial score (nSPS) is 21.9. The second kappa shape index (κ2) is 5.29. The number of carbonyl (C=O) groups excluding carboxylic acids is 1. The van der Waals surface area contributed by atoms with Crippen LogP contribution in [-0.4, -0.2) is 54.9 Å². The number of hydrogen-bond acceptors (Lipinski definition) is 5. The van der Waals surface area contributed by atoms with Crippen LogP contribution in [0.4, 0.5) is 0 Å². The van der Waals surface area contributed by atoms with E-state index in [0.29, 0.717) is 0 Å². The van der Waals surface area contributed by atoms with Gasteiger partial charge in [-0.05, 0) is 19.9 Å². The molecule has 0 unspecified atom stereocenters. The summed E-state index contributed by atoms with van der Waals surface area (Å²) in [5, 5.41) is 8.64. The zero-order chi connectivity index (χ0) is 10.6. The summed E-state index contributed by atoms with van der Waals surface area (Å²) < 4.78 is 5.14. The van der Waals surface area contributed by atoms with Crippen LogP contribution in [-0.2, 0) is 9.53 Å². The van der Waals surface area contributed by atoms with Crippen LogP contribution >= 0.6 is 0 Å². The average Bonchev–Trinajstić information content (AvgIpc) is 2.20. The Hall–Kier alpha value is -0.650. The fourth-order valence-corrected chi connectivity index (χ4v) is 1.43. The van der Waals surface area contributed by atoms with Crippen molar-refractivity contribution in [3.63, 3.8) is 0 Å². The molecule has 14 heavy (non-hydrogen) atoms. The van der Waals surface area contributed by atoms with Gasteiger partial charge in [0.15, 0.2) is 0 Å². The number of aliphatic hydroxyl groups excluding tert-OH is 1. The first kappa shape index (κ1) is 11.4. The summed E-state index contributed by atoms with van der Waals surface area (Å²) in [5.74, 6) is -0.498. The van der Waals surface area contributed by atoms with Gasteiger partial charge < -0.3 is 20.5 Å². The number of aliphatic hydroxyl groups is 1. The number of esters is 1. The molecule has 1 saturated heterocycles.